The molecule has 3 rings (SSSR count). The first-order valence-corrected chi connectivity index (χ1v) is 7.72. The topological polar surface area (TPSA) is 68.7 Å². The van der Waals surface area contributed by atoms with Crippen molar-refractivity contribution >= 4 is 17.4 Å². The molecule has 0 N–H and O–H groups in total. The molecule has 1 aliphatic heterocycles. The van der Waals surface area contributed by atoms with Crippen LogP contribution in [0.3, 0.4) is 0 Å². The molecule has 2 aromatic rings. The van der Waals surface area contributed by atoms with E-state index in [4.69, 9.17) is 9.47 Å². The number of Topliss-reactive ketones (excluding diaryl/α,β-unsaturated/α-hetero) is 1. The van der Waals surface area contributed by atoms with Crippen molar-refractivity contribution in [3.63, 3.8) is 0 Å². The van der Waals surface area contributed by atoms with Gasteiger partial charge in [-0.1, -0.05) is 12.1 Å². The van der Waals surface area contributed by atoms with Crippen molar-refractivity contribution in [3.05, 3.63) is 48.3 Å². The quantitative estimate of drug-likeness (QED) is 0.807. The van der Waals surface area contributed by atoms with Gasteiger partial charge in [0.15, 0.2) is 11.9 Å². The zero-order valence-electron chi connectivity index (χ0n) is 13.6. The van der Waals surface area contributed by atoms with Crippen LogP contribution < -0.4 is 14.4 Å². The van der Waals surface area contributed by atoms with Crippen LogP contribution >= 0.6 is 0 Å². The highest BCUT2D eigenvalue weighted by molar-refractivity contribution is 5.98. The van der Waals surface area contributed by atoms with E-state index in [1.165, 1.54) is 6.92 Å². The van der Waals surface area contributed by atoms with Crippen molar-refractivity contribution in [2.75, 3.05) is 18.1 Å². The van der Waals surface area contributed by atoms with Gasteiger partial charge in [-0.25, -0.2) is 0 Å². The Hall–Kier alpha value is -2.89. The number of hydrogen-bond donors (Lipinski definition) is 0. The number of ether oxygens (including phenoxy) is 2. The second-order valence-corrected chi connectivity index (χ2v) is 5.53. The predicted octanol–water partition coefficient (Wildman–Crippen LogP) is 2.48. The molecule has 0 saturated carbocycles. The van der Waals surface area contributed by atoms with E-state index in [1.807, 2.05) is 0 Å². The van der Waals surface area contributed by atoms with E-state index >= 15 is 0 Å². The fourth-order valence-electron chi connectivity index (χ4n) is 2.56. The van der Waals surface area contributed by atoms with Gasteiger partial charge >= 0.3 is 0 Å². The molecule has 24 heavy (non-hydrogen) atoms. The number of carbonyl (C=O) groups is 2. The van der Waals surface area contributed by atoms with E-state index in [0.29, 0.717) is 35.9 Å². The van der Waals surface area contributed by atoms with Crippen LogP contribution in [0.5, 0.6) is 11.5 Å². The first-order valence-electron chi connectivity index (χ1n) is 7.72. The van der Waals surface area contributed by atoms with Crippen LogP contribution in [0.4, 0.5) is 5.69 Å². The summed E-state index contributed by atoms with van der Waals surface area (Å²) in [6, 6.07) is 8.55. The van der Waals surface area contributed by atoms with Crippen molar-refractivity contribution in [1.82, 2.24) is 4.98 Å². The zero-order chi connectivity index (χ0) is 17.1. The Morgan fingerprint density at radius 1 is 1.33 bits per heavy atom. The lowest BCUT2D eigenvalue weighted by molar-refractivity contribution is -0.124. The number of carbonyl (C=O) groups excluding carboxylic acids is 2. The number of benzene rings is 1. The lowest BCUT2D eigenvalue weighted by Crippen LogP contribution is -2.44. The molecule has 6 nitrogen and oxygen atoms in total. The van der Waals surface area contributed by atoms with Crippen LogP contribution in [-0.4, -0.2) is 35.9 Å². The van der Waals surface area contributed by atoms with Gasteiger partial charge in [0.2, 0.25) is 0 Å². The molecule has 2 heterocycles. The third-order valence-electron chi connectivity index (χ3n) is 3.79. The molecule has 0 bridgehead atoms. The van der Waals surface area contributed by atoms with Gasteiger partial charge in [-0.15, -0.1) is 0 Å². The second-order valence-electron chi connectivity index (χ2n) is 5.53. The number of rotatable bonds is 4. The number of amides is 1. The van der Waals surface area contributed by atoms with Gasteiger partial charge in [0, 0.05) is 17.8 Å². The largest absolute Gasteiger partial charge is 0.489 e. The Morgan fingerprint density at radius 3 is 2.96 bits per heavy atom. The lowest BCUT2D eigenvalue weighted by Gasteiger charge is -2.30. The van der Waals surface area contributed by atoms with E-state index in [2.05, 4.69) is 4.98 Å². The summed E-state index contributed by atoms with van der Waals surface area (Å²) in [6.45, 7) is 4.05. The summed E-state index contributed by atoms with van der Waals surface area (Å²) in [4.78, 5) is 29.9. The summed E-state index contributed by atoms with van der Waals surface area (Å²) < 4.78 is 11.3. The normalized spacial score (nSPS) is 14.3. The maximum atomic E-state index is 12.7. The van der Waals surface area contributed by atoms with Crippen molar-refractivity contribution in [2.45, 2.75) is 20.0 Å². The summed E-state index contributed by atoms with van der Waals surface area (Å²) in [5.41, 5.74) is 1.19. The second kappa shape index (κ2) is 6.70. The number of hydrogen-bond acceptors (Lipinski definition) is 5. The summed E-state index contributed by atoms with van der Waals surface area (Å²) >= 11 is 0. The SMILES string of the molecule is CC(=O)c1cccc(OC(C)C(=O)N2CCOc3ccncc32)c1. The van der Waals surface area contributed by atoms with Gasteiger partial charge in [-0.2, -0.15) is 0 Å². The standard InChI is InChI=1S/C18H18N2O4/c1-12(21)14-4-3-5-15(10-14)24-13(2)18(22)20-8-9-23-17-6-7-19-11-16(17)20/h3-7,10-11,13H,8-9H2,1-2H3. The van der Waals surface area contributed by atoms with Crippen LogP contribution in [0.15, 0.2) is 42.7 Å². The van der Waals surface area contributed by atoms with Gasteiger partial charge in [-0.3, -0.25) is 14.6 Å². The smallest absolute Gasteiger partial charge is 0.268 e. The van der Waals surface area contributed by atoms with E-state index in [0.717, 1.165) is 0 Å². The molecule has 1 atom stereocenters. The van der Waals surface area contributed by atoms with Crippen molar-refractivity contribution < 1.29 is 19.1 Å². The van der Waals surface area contributed by atoms with Crippen LogP contribution in [0.1, 0.15) is 24.2 Å². The van der Waals surface area contributed by atoms with E-state index in [-0.39, 0.29) is 11.7 Å². The monoisotopic (exact) mass is 326 g/mol. The molecular formula is C18H18N2O4. The summed E-state index contributed by atoms with van der Waals surface area (Å²) in [5, 5.41) is 0. The van der Waals surface area contributed by atoms with Gasteiger partial charge in [0.1, 0.15) is 23.8 Å². The highest BCUT2D eigenvalue weighted by Gasteiger charge is 2.28. The molecule has 124 valence electrons. The lowest BCUT2D eigenvalue weighted by atomic mass is 10.1. The molecule has 1 amide bonds. The molecule has 0 radical (unpaired) electrons. The molecule has 0 saturated heterocycles. The number of anilines is 1. The molecule has 1 aliphatic rings. The summed E-state index contributed by atoms with van der Waals surface area (Å²) in [5.74, 6) is 0.895. The highest BCUT2D eigenvalue weighted by atomic mass is 16.5. The molecule has 6 heteroatoms. The molecule has 0 fully saturated rings. The molecule has 0 spiro atoms. The summed E-state index contributed by atoms with van der Waals surface area (Å²) in [7, 11) is 0. The average Bonchev–Trinajstić information content (AvgIpc) is 2.60. The molecule has 1 unspecified atom stereocenters. The average molecular weight is 326 g/mol. The first kappa shape index (κ1) is 16.0. The predicted molar refractivity (Wildman–Crippen MR) is 88.6 cm³/mol. The third kappa shape index (κ3) is 3.22. The Balaban J connectivity index is 1.76. The Morgan fingerprint density at radius 2 is 2.17 bits per heavy atom. The van der Waals surface area contributed by atoms with Crippen molar-refractivity contribution in [3.8, 4) is 11.5 Å². The van der Waals surface area contributed by atoms with Crippen LogP contribution in [0.25, 0.3) is 0 Å². The molecule has 1 aromatic carbocycles. The minimum atomic E-state index is -0.696. The summed E-state index contributed by atoms with van der Waals surface area (Å²) in [6.07, 6.45) is 2.54. The fraction of sp³-hybridized carbons (Fsp3) is 0.278. The Kier molecular flexibility index (Phi) is 4.46. The van der Waals surface area contributed by atoms with Crippen LogP contribution in [0, 0.1) is 0 Å². The van der Waals surface area contributed by atoms with Crippen LogP contribution in [-0.2, 0) is 4.79 Å². The maximum absolute atomic E-state index is 12.7. The third-order valence-corrected chi connectivity index (χ3v) is 3.79. The molecule has 0 aliphatic carbocycles. The zero-order valence-corrected chi connectivity index (χ0v) is 13.6. The maximum Gasteiger partial charge on any atom is 0.268 e. The Bertz CT molecular complexity index is 775. The van der Waals surface area contributed by atoms with Crippen molar-refractivity contribution in [2.24, 2.45) is 0 Å². The minimum Gasteiger partial charge on any atom is -0.489 e. The van der Waals surface area contributed by atoms with E-state index < -0.39 is 6.10 Å². The number of ketones is 1. The highest BCUT2D eigenvalue weighted by Crippen LogP contribution is 2.30. The number of pyridine rings is 1. The Labute approximate surface area is 140 Å². The molecule has 1 aromatic heterocycles. The first-order chi connectivity index (χ1) is 11.6. The van der Waals surface area contributed by atoms with Crippen LogP contribution in [0.2, 0.25) is 0 Å². The molecular weight excluding hydrogens is 308 g/mol. The van der Waals surface area contributed by atoms with Gasteiger partial charge in [0.05, 0.1) is 12.7 Å². The number of aromatic nitrogens is 1. The minimum absolute atomic E-state index is 0.0485. The van der Waals surface area contributed by atoms with Gasteiger partial charge < -0.3 is 14.4 Å². The van der Waals surface area contributed by atoms with E-state index in [1.54, 1.807) is 54.5 Å². The number of nitrogens with zero attached hydrogens (tertiary/aromatic N) is 2. The fourth-order valence-corrected chi connectivity index (χ4v) is 2.56. The van der Waals surface area contributed by atoms with E-state index in [9.17, 15) is 9.59 Å². The van der Waals surface area contributed by atoms with Crippen molar-refractivity contribution in [1.29, 1.82) is 0 Å². The van der Waals surface area contributed by atoms with Gasteiger partial charge in [0.25, 0.3) is 5.91 Å². The van der Waals surface area contributed by atoms with Gasteiger partial charge in [-0.05, 0) is 26.0 Å². The number of fused-ring (bicyclic) bond motifs is 1.